The van der Waals surface area contributed by atoms with Crippen LogP contribution < -0.4 is 5.32 Å². The standard InChI is InChI=1S/C26H30N2/c1-21(23-13-7-3-8-14-23)27-26-17-18-28(19-22-11-5-2-6-12-22)20-25(26)24-15-9-4-10-16-24/h2-16,21,25-27H,17-20H2,1H3/t21-,25-,26-/m1/s1. The maximum Gasteiger partial charge on any atom is 0.0294 e. The quantitative estimate of drug-likeness (QED) is 0.625. The zero-order chi connectivity index (χ0) is 19.2. The van der Waals surface area contributed by atoms with E-state index in [1.54, 1.807) is 0 Å². The summed E-state index contributed by atoms with van der Waals surface area (Å²) in [4.78, 5) is 2.61. The van der Waals surface area contributed by atoms with Gasteiger partial charge >= 0.3 is 0 Å². The second-order valence-electron chi connectivity index (χ2n) is 7.93. The van der Waals surface area contributed by atoms with Gasteiger partial charge in [0.15, 0.2) is 0 Å². The number of hydrogen-bond donors (Lipinski definition) is 1. The minimum atomic E-state index is 0.359. The smallest absolute Gasteiger partial charge is 0.0294 e. The Kier molecular flexibility index (Phi) is 6.20. The highest BCUT2D eigenvalue weighted by Crippen LogP contribution is 2.30. The zero-order valence-electron chi connectivity index (χ0n) is 16.7. The number of likely N-dealkylation sites (tertiary alicyclic amines) is 1. The van der Waals surface area contributed by atoms with Crippen molar-refractivity contribution in [3.05, 3.63) is 108 Å². The molecule has 1 fully saturated rings. The Morgan fingerprint density at radius 3 is 2.14 bits per heavy atom. The van der Waals surface area contributed by atoms with E-state index in [4.69, 9.17) is 0 Å². The van der Waals surface area contributed by atoms with Gasteiger partial charge in [-0.15, -0.1) is 0 Å². The average molecular weight is 371 g/mol. The molecule has 0 unspecified atom stereocenters. The third-order valence-corrected chi connectivity index (χ3v) is 5.94. The Balaban J connectivity index is 1.50. The first-order valence-corrected chi connectivity index (χ1v) is 10.4. The molecular formula is C26H30N2. The molecule has 0 aromatic heterocycles. The SMILES string of the molecule is C[C@@H](N[C@@H]1CCN(Cc2ccccc2)C[C@@H]1c1ccccc1)c1ccccc1. The van der Waals surface area contributed by atoms with E-state index in [0.29, 0.717) is 18.0 Å². The molecule has 0 saturated carbocycles. The van der Waals surface area contributed by atoms with Crippen molar-refractivity contribution in [3.8, 4) is 0 Å². The van der Waals surface area contributed by atoms with Crippen LogP contribution in [0.25, 0.3) is 0 Å². The summed E-state index contributed by atoms with van der Waals surface area (Å²) in [5.41, 5.74) is 4.21. The fourth-order valence-corrected chi connectivity index (χ4v) is 4.40. The van der Waals surface area contributed by atoms with E-state index in [1.165, 1.54) is 23.1 Å². The van der Waals surface area contributed by atoms with Crippen LogP contribution in [0, 0.1) is 0 Å². The van der Waals surface area contributed by atoms with E-state index < -0.39 is 0 Å². The highest BCUT2D eigenvalue weighted by Gasteiger charge is 2.31. The van der Waals surface area contributed by atoms with Crippen LogP contribution in [-0.4, -0.2) is 24.0 Å². The molecule has 3 aromatic carbocycles. The van der Waals surface area contributed by atoms with E-state index in [2.05, 4.69) is 108 Å². The van der Waals surface area contributed by atoms with Crippen LogP contribution in [0.3, 0.4) is 0 Å². The Hall–Kier alpha value is -2.42. The van der Waals surface area contributed by atoms with Crippen LogP contribution in [0.5, 0.6) is 0 Å². The van der Waals surface area contributed by atoms with Crippen molar-refractivity contribution in [2.45, 2.75) is 37.9 Å². The molecule has 2 heteroatoms. The summed E-state index contributed by atoms with van der Waals surface area (Å²) in [6.45, 7) is 5.55. The lowest BCUT2D eigenvalue weighted by molar-refractivity contribution is 0.162. The first kappa shape index (κ1) is 18.9. The molecule has 0 aliphatic carbocycles. The molecule has 1 N–H and O–H groups in total. The van der Waals surface area contributed by atoms with Crippen LogP contribution in [0.15, 0.2) is 91.0 Å². The van der Waals surface area contributed by atoms with Gasteiger partial charge in [0.2, 0.25) is 0 Å². The van der Waals surface area contributed by atoms with Crippen molar-refractivity contribution < 1.29 is 0 Å². The lowest BCUT2D eigenvalue weighted by atomic mass is 9.85. The summed E-state index contributed by atoms with van der Waals surface area (Å²) in [6.07, 6.45) is 1.17. The molecule has 1 aliphatic heterocycles. The Morgan fingerprint density at radius 2 is 1.46 bits per heavy atom. The molecule has 1 heterocycles. The minimum Gasteiger partial charge on any atom is -0.307 e. The van der Waals surface area contributed by atoms with Crippen LogP contribution in [0.4, 0.5) is 0 Å². The maximum atomic E-state index is 3.94. The number of piperidine rings is 1. The summed E-state index contributed by atoms with van der Waals surface area (Å²) in [6, 6.07) is 33.5. The third kappa shape index (κ3) is 4.70. The van der Waals surface area contributed by atoms with Crippen LogP contribution in [0.1, 0.15) is 42.0 Å². The predicted molar refractivity (Wildman–Crippen MR) is 117 cm³/mol. The number of rotatable bonds is 6. The molecule has 2 nitrogen and oxygen atoms in total. The third-order valence-electron chi connectivity index (χ3n) is 5.94. The van der Waals surface area contributed by atoms with Gasteiger partial charge in [0, 0.05) is 37.6 Å². The summed E-state index contributed by atoms with van der Waals surface area (Å²) >= 11 is 0. The van der Waals surface area contributed by atoms with Gasteiger partial charge in [0.05, 0.1) is 0 Å². The van der Waals surface area contributed by atoms with Gasteiger partial charge in [0.1, 0.15) is 0 Å². The number of hydrogen-bond acceptors (Lipinski definition) is 2. The van der Waals surface area contributed by atoms with Crippen LogP contribution in [0.2, 0.25) is 0 Å². The van der Waals surface area contributed by atoms with Gasteiger partial charge < -0.3 is 5.32 Å². The van der Waals surface area contributed by atoms with Gasteiger partial charge in [-0.3, -0.25) is 4.90 Å². The molecule has 3 atom stereocenters. The largest absolute Gasteiger partial charge is 0.307 e. The van der Waals surface area contributed by atoms with Gasteiger partial charge in [-0.05, 0) is 30.0 Å². The lowest BCUT2D eigenvalue weighted by Gasteiger charge is -2.40. The number of nitrogens with zero attached hydrogens (tertiary/aromatic N) is 1. The molecule has 1 saturated heterocycles. The highest BCUT2D eigenvalue weighted by atomic mass is 15.2. The molecule has 144 valence electrons. The number of benzene rings is 3. The second-order valence-corrected chi connectivity index (χ2v) is 7.93. The van der Waals surface area contributed by atoms with Crippen molar-refractivity contribution in [1.82, 2.24) is 10.2 Å². The molecule has 1 aliphatic rings. The second kappa shape index (κ2) is 9.18. The van der Waals surface area contributed by atoms with Gasteiger partial charge in [-0.1, -0.05) is 91.0 Å². The molecular weight excluding hydrogens is 340 g/mol. The van der Waals surface area contributed by atoms with Crippen molar-refractivity contribution in [1.29, 1.82) is 0 Å². The molecule has 0 amide bonds. The van der Waals surface area contributed by atoms with Crippen LogP contribution >= 0.6 is 0 Å². The van der Waals surface area contributed by atoms with Crippen molar-refractivity contribution >= 4 is 0 Å². The molecule has 4 rings (SSSR count). The Labute approximate surface area is 169 Å². The first-order valence-electron chi connectivity index (χ1n) is 10.4. The van der Waals surface area contributed by atoms with E-state index in [0.717, 1.165) is 19.6 Å². The topological polar surface area (TPSA) is 15.3 Å². The monoisotopic (exact) mass is 370 g/mol. The van der Waals surface area contributed by atoms with Gasteiger partial charge in [0.25, 0.3) is 0 Å². The fraction of sp³-hybridized carbons (Fsp3) is 0.308. The van der Waals surface area contributed by atoms with Crippen molar-refractivity contribution in [2.24, 2.45) is 0 Å². The van der Waals surface area contributed by atoms with Gasteiger partial charge in [-0.2, -0.15) is 0 Å². The first-order chi connectivity index (χ1) is 13.8. The fourth-order valence-electron chi connectivity index (χ4n) is 4.40. The zero-order valence-corrected chi connectivity index (χ0v) is 16.7. The summed E-state index contributed by atoms with van der Waals surface area (Å²) < 4.78 is 0. The molecule has 28 heavy (non-hydrogen) atoms. The highest BCUT2D eigenvalue weighted by molar-refractivity contribution is 5.24. The normalized spacial score (nSPS) is 21.3. The Bertz CT molecular complexity index is 832. The molecule has 0 radical (unpaired) electrons. The van der Waals surface area contributed by atoms with E-state index in [9.17, 15) is 0 Å². The van der Waals surface area contributed by atoms with Crippen molar-refractivity contribution in [2.75, 3.05) is 13.1 Å². The summed E-state index contributed by atoms with van der Waals surface area (Å²) in [5, 5.41) is 3.94. The van der Waals surface area contributed by atoms with Crippen LogP contribution in [-0.2, 0) is 6.54 Å². The minimum absolute atomic E-state index is 0.359. The summed E-state index contributed by atoms with van der Waals surface area (Å²) in [7, 11) is 0. The summed E-state index contributed by atoms with van der Waals surface area (Å²) in [5.74, 6) is 0.504. The average Bonchev–Trinajstić information content (AvgIpc) is 2.77. The lowest BCUT2D eigenvalue weighted by Crippen LogP contribution is -2.48. The molecule has 0 spiro atoms. The predicted octanol–water partition coefficient (Wildman–Crippen LogP) is 5.40. The van der Waals surface area contributed by atoms with Gasteiger partial charge in [-0.25, -0.2) is 0 Å². The molecule has 0 bridgehead atoms. The molecule has 3 aromatic rings. The van der Waals surface area contributed by atoms with Crippen molar-refractivity contribution in [3.63, 3.8) is 0 Å². The van der Waals surface area contributed by atoms with E-state index >= 15 is 0 Å². The maximum absolute atomic E-state index is 3.94. The van der Waals surface area contributed by atoms with E-state index in [-0.39, 0.29) is 0 Å². The Morgan fingerprint density at radius 1 is 0.857 bits per heavy atom. The number of nitrogens with one attached hydrogen (secondary N) is 1. The van der Waals surface area contributed by atoms with E-state index in [1.807, 2.05) is 0 Å².